The summed E-state index contributed by atoms with van der Waals surface area (Å²) in [6, 6.07) is 8.69. The zero-order valence-electron chi connectivity index (χ0n) is 13.5. The minimum Gasteiger partial charge on any atom is -0.457 e. The number of hydrogen-bond acceptors (Lipinski definition) is 3. The number of nitrogens with zero attached hydrogens (tertiary/aromatic N) is 1. The number of ether oxygens (including phenoxy) is 1. The molecular weight excluding hydrogens is 260 g/mol. The Bertz CT molecular complexity index is 621. The molecule has 3 nitrogen and oxygen atoms in total. The molecule has 0 amide bonds. The Labute approximate surface area is 127 Å². The topological polar surface area (TPSA) is 34.1 Å². The highest BCUT2D eigenvalue weighted by Crippen LogP contribution is 2.29. The van der Waals surface area contributed by atoms with Crippen LogP contribution in [0.3, 0.4) is 0 Å². The fraction of sp³-hybridized carbons (Fsp3) is 0.389. The van der Waals surface area contributed by atoms with E-state index in [1.165, 1.54) is 5.56 Å². The molecule has 0 aliphatic rings. The summed E-state index contributed by atoms with van der Waals surface area (Å²) < 4.78 is 6.15. The summed E-state index contributed by atoms with van der Waals surface area (Å²) in [7, 11) is 0. The first-order valence-corrected chi connectivity index (χ1v) is 7.39. The van der Waals surface area contributed by atoms with Crippen molar-refractivity contribution >= 4 is 0 Å². The van der Waals surface area contributed by atoms with E-state index in [0.29, 0.717) is 6.04 Å². The number of benzene rings is 1. The van der Waals surface area contributed by atoms with Crippen molar-refractivity contribution in [1.82, 2.24) is 10.3 Å². The van der Waals surface area contributed by atoms with E-state index in [0.717, 1.165) is 34.9 Å². The number of aromatic nitrogens is 1. The van der Waals surface area contributed by atoms with E-state index in [9.17, 15) is 0 Å². The zero-order valence-corrected chi connectivity index (χ0v) is 13.5. The lowest BCUT2D eigenvalue weighted by atomic mass is 10.1. The third-order valence-corrected chi connectivity index (χ3v) is 3.34. The lowest BCUT2D eigenvalue weighted by Gasteiger charge is -2.15. The van der Waals surface area contributed by atoms with Crippen LogP contribution < -0.4 is 10.1 Å². The van der Waals surface area contributed by atoms with Gasteiger partial charge in [-0.15, -0.1) is 0 Å². The van der Waals surface area contributed by atoms with Crippen LogP contribution in [0.15, 0.2) is 30.5 Å². The highest BCUT2D eigenvalue weighted by Gasteiger charge is 2.09. The molecule has 1 heterocycles. The molecule has 2 aromatic rings. The van der Waals surface area contributed by atoms with Gasteiger partial charge in [-0.25, -0.2) is 0 Å². The maximum absolute atomic E-state index is 6.15. The smallest absolute Gasteiger partial charge is 0.135 e. The van der Waals surface area contributed by atoms with Crippen LogP contribution >= 0.6 is 0 Å². The summed E-state index contributed by atoms with van der Waals surface area (Å²) in [5.74, 6) is 1.79. The van der Waals surface area contributed by atoms with Crippen LogP contribution in [0.2, 0.25) is 0 Å². The molecule has 2 rings (SSSR count). The van der Waals surface area contributed by atoms with Crippen molar-refractivity contribution in [2.75, 3.05) is 0 Å². The fourth-order valence-electron chi connectivity index (χ4n) is 2.04. The summed E-state index contributed by atoms with van der Waals surface area (Å²) in [5.41, 5.74) is 4.37. The Hall–Kier alpha value is -1.87. The molecule has 0 unspecified atom stereocenters. The van der Waals surface area contributed by atoms with Gasteiger partial charge >= 0.3 is 0 Å². The second-order valence-electron chi connectivity index (χ2n) is 5.84. The predicted octanol–water partition coefficient (Wildman–Crippen LogP) is 4.30. The molecule has 0 radical (unpaired) electrons. The van der Waals surface area contributed by atoms with Crippen molar-refractivity contribution in [3.63, 3.8) is 0 Å². The Morgan fingerprint density at radius 1 is 1.10 bits per heavy atom. The largest absolute Gasteiger partial charge is 0.457 e. The Balaban J connectivity index is 2.29. The molecule has 0 aliphatic heterocycles. The number of pyridine rings is 1. The average Bonchev–Trinajstić information content (AvgIpc) is 2.42. The quantitative estimate of drug-likeness (QED) is 0.889. The van der Waals surface area contributed by atoms with Crippen molar-refractivity contribution in [1.29, 1.82) is 0 Å². The minimum atomic E-state index is 0.430. The highest BCUT2D eigenvalue weighted by atomic mass is 16.5. The molecule has 1 N–H and O–H groups in total. The minimum absolute atomic E-state index is 0.430. The van der Waals surface area contributed by atoms with E-state index in [1.54, 1.807) is 0 Å². The number of rotatable bonds is 5. The van der Waals surface area contributed by atoms with E-state index >= 15 is 0 Å². The Kier molecular flexibility index (Phi) is 4.97. The summed E-state index contributed by atoms with van der Waals surface area (Å²) in [6.45, 7) is 11.1. The predicted molar refractivity (Wildman–Crippen MR) is 86.9 cm³/mol. The molecule has 0 bridgehead atoms. The maximum Gasteiger partial charge on any atom is 0.135 e. The summed E-state index contributed by atoms with van der Waals surface area (Å²) in [4.78, 5) is 4.38. The summed E-state index contributed by atoms with van der Waals surface area (Å²) >= 11 is 0. The first kappa shape index (κ1) is 15.5. The SMILES string of the molecule is Cc1ccc(C)c(Oc2cc(C)ncc2CNC(C)C)c1. The Morgan fingerprint density at radius 2 is 1.86 bits per heavy atom. The van der Waals surface area contributed by atoms with Crippen LogP contribution in [0.5, 0.6) is 11.5 Å². The van der Waals surface area contributed by atoms with Crippen molar-refractivity contribution in [2.24, 2.45) is 0 Å². The first-order chi connectivity index (χ1) is 9.95. The zero-order chi connectivity index (χ0) is 15.4. The molecule has 112 valence electrons. The number of hydrogen-bond donors (Lipinski definition) is 1. The number of aryl methyl sites for hydroxylation is 3. The molecule has 1 aromatic heterocycles. The molecule has 0 fully saturated rings. The van der Waals surface area contributed by atoms with Crippen LogP contribution in [0, 0.1) is 20.8 Å². The second kappa shape index (κ2) is 6.72. The Morgan fingerprint density at radius 3 is 2.57 bits per heavy atom. The maximum atomic E-state index is 6.15. The van der Waals surface area contributed by atoms with Gasteiger partial charge in [-0.1, -0.05) is 26.0 Å². The van der Waals surface area contributed by atoms with Crippen molar-refractivity contribution in [3.8, 4) is 11.5 Å². The van der Waals surface area contributed by atoms with E-state index in [4.69, 9.17) is 4.74 Å². The van der Waals surface area contributed by atoms with Gasteiger partial charge in [-0.3, -0.25) is 4.98 Å². The summed E-state index contributed by atoms with van der Waals surface area (Å²) in [6.07, 6.45) is 1.89. The van der Waals surface area contributed by atoms with Crippen LogP contribution in [-0.4, -0.2) is 11.0 Å². The van der Waals surface area contributed by atoms with Gasteiger partial charge in [-0.05, 0) is 38.0 Å². The van der Waals surface area contributed by atoms with Crippen LogP contribution in [0.4, 0.5) is 0 Å². The van der Waals surface area contributed by atoms with Crippen LogP contribution in [0.1, 0.15) is 36.2 Å². The molecule has 0 saturated carbocycles. The second-order valence-corrected chi connectivity index (χ2v) is 5.84. The average molecular weight is 284 g/mol. The molecule has 0 spiro atoms. The normalized spacial score (nSPS) is 11.0. The third-order valence-electron chi connectivity index (χ3n) is 3.34. The van der Waals surface area contributed by atoms with Crippen molar-refractivity contribution in [2.45, 2.75) is 47.2 Å². The molecular formula is C18H24N2O. The van der Waals surface area contributed by atoms with Gasteiger partial charge in [0.15, 0.2) is 0 Å². The highest BCUT2D eigenvalue weighted by molar-refractivity contribution is 5.42. The van der Waals surface area contributed by atoms with E-state index in [2.05, 4.69) is 56.2 Å². The molecule has 21 heavy (non-hydrogen) atoms. The van der Waals surface area contributed by atoms with Gasteiger partial charge in [0.2, 0.25) is 0 Å². The van der Waals surface area contributed by atoms with E-state index in [-0.39, 0.29) is 0 Å². The monoisotopic (exact) mass is 284 g/mol. The molecule has 1 aromatic carbocycles. The van der Waals surface area contributed by atoms with Crippen molar-refractivity contribution < 1.29 is 4.74 Å². The van der Waals surface area contributed by atoms with Gasteiger partial charge in [-0.2, -0.15) is 0 Å². The van der Waals surface area contributed by atoms with Gasteiger partial charge < -0.3 is 10.1 Å². The molecule has 3 heteroatoms. The van der Waals surface area contributed by atoms with E-state index < -0.39 is 0 Å². The lowest BCUT2D eigenvalue weighted by molar-refractivity contribution is 0.464. The summed E-state index contributed by atoms with van der Waals surface area (Å²) in [5, 5.41) is 3.41. The third kappa shape index (κ3) is 4.30. The first-order valence-electron chi connectivity index (χ1n) is 7.39. The van der Waals surface area contributed by atoms with Crippen LogP contribution in [-0.2, 0) is 6.54 Å². The van der Waals surface area contributed by atoms with Crippen molar-refractivity contribution in [3.05, 3.63) is 52.8 Å². The number of nitrogens with one attached hydrogen (secondary N) is 1. The fourth-order valence-corrected chi connectivity index (χ4v) is 2.04. The lowest BCUT2D eigenvalue weighted by Crippen LogP contribution is -2.22. The van der Waals surface area contributed by atoms with Gasteiger partial charge in [0.05, 0.1) is 0 Å². The van der Waals surface area contributed by atoms with Gasteiger partial charge in [0.25, 0.3) is 0 Å². The van der Waals surface area contributed by atoms with Gasteiger partial charge in [0, 0.05) is 36.1 Å². The molecule has 0 aliphatic carbocycles. The van der Waals surface area contributed by atoms with Crippen LogP contribution in [0.25, 0.3) is 0 Å². The van der Waals surface area contributed by atoms with E-state index in [1.807, 2.05) is 19.2 Å². The van der Waals surface area contributed by atoms with Gasteiger partial charge in [0.1, 0.15) is 11.5 Å². The molecule has 0 saturated heterocycles. The standard InChI is InChI=1S/C18H24N2O/c1-12(2)19-10-16-11-20-15(5)9-18(16)21-17-8-13(3)6-7-14(17)4/h6-9,11-12,19H,10H2,1-5H3. The molecule has 0 atom stereocenters.